The molecule has 2 aromatic carbocycles. The maximum atomic E-state index is 12.5. The maximum Gasteiger partial charge on any atom is 0.255 e. The van der Waals surface area contributed by atoms with E-state index in [9.17, 15) is 4.79 Å². The zero-order valence-electron chi connectivity index (χ0n) is 13.8. The number of ether oxygens (including phenoxy) is 1. The third-order valence-corrected chi connectivity index (χ3v) is 4.02. The van der Waals surface area contributed by atoms with E-state index < -0.39 is 0 Å². The van der Waals surface area contributed by atoms with Crippen molar-refractivity contribution in [1.29, 1.82) is 0 Å². The van der Waals surface area contributed by atoms with Crippen molar-refractivity contribution in [3.8, 4) is 11.6 Å². The summed E-state index contributed by atoms with van der Waals surface area (Å²) in [6.07, 6.45) is 0. The molecular formula is C19H16ClN3O2. The van der Waals surface area contributed by atoms with Gasteiger partial charge in [0.05, 0.1) is 5.69 Å². The Balaban J connectivity index is 1.77. The van der Waals surface area contributed by atoms with Crippen LogP contribution < -0.4 is 10.1 Å². The Kier molecular flexibility index (Phi) is 4.95. The summed E-state index contributed by atoms with van der Waals surface area (Å²) in [4.78, 5) is 12.5. The summed E-state index contributed by atoms with van der Waals surface area (Å²) in [5.74, 6) is 0.633. The summed E-state index contributed by atoms with van der Waals surface area (Å²) in [7, 11) is 0. The molecule has 0 fully saturated rings. The Hall–Kier alpha value is -2.92. The van der Waals surface area contributed by atoms with Crippen LogP contribution in [0, 0.1) is 13.8 Å². The van der Waals surface area contributed by atoms with E-state index >= 15 is 0 Å². The van der Waals surface area contributed by atoms with Gasteiger partial charge >= 0.3 is 0 Å². The lowest BCUT2D eigenvalue weighted by molar-refractivity contribution is 0.102. The van der Waals surface area contributed by atoms with Crippen LogP contribution in [-0.2, 0) is 0 Å². The molecule has 6 heteroatoms. The van der Waals surface area contributed by atoms with Gasteiger partial charge in [-0.05, 0) is 55.8 Å². The molecule has 0 bridgehead atoms. The molecule has 0 aliphatic carbocycles. The number of amides is 1. The molecule has 0 unspecified atom stereocenters. The van der Waals surface area contributed by atoms with Crippen molar-refractivity contribution in [2.24, 2.45) is 0 Å². The molecule has 0 atom stereocenters. The molecule has 5 nitrogen and oxygen atoms in total. The molecule has 0 aliphatic rings. The molecule has 0 aliphatic heterocycles. The Labute approximate surface area is 150 Å². The van der Waals surface area contributed by atoms with E-state index in [1.165, 1.54) is 0 Å². The second-order valence-corrected chi connectivity index (χ2v) is 5.92. The highest BCUT2D eigenvalue weighted by Gasteiger charge is 2.10. The number of hydrogen-bond acceptors (Lipinski definition) is 4. The number of carbonyl (C=O) groups is 1. The first-order valence-corrected chi connectivity index (χ1v) is 8.05. The van der Waals surface area contributed by atoms with Gasteiger partial charge in [-0.3, -0.25) is 4.79 Å². The smallest absolute Gasteiger partial charge is 0.255 e. The second-order valence-electron chi connectivity index (χ2n) is 5.51. The molecule has 0 spiro atoms. The molecule has 1 amide bonds. The molecule has 3 rings (SSSR count). The van der Waals surface area contributed by atoms with Crippen LogP contribution >= 0.6 is 11.6 Å². The van der Waals surface area contributed by atoms with Crippen LogP contribution in [0.5, 0.6) is 11.6 Å². The number of rotatable bonds is 4. The highest BCUT2D eigenvalue weighted by Crippen LogP contribution is 2.24. The van der Waals surface area contributed by atoms with Gasteiger partial charge in [0.25, 0.3) is 5.91 Å². The average Bonchev–Trinajstić information content (AvgIpc) is 2.61. The van der Waals surface area contributed by atoms with Crippen LogP contribution in [-0.4, -0.2) is 16.1 Å². The van der Waals surface area contributed by atoms with Crippen LogP contribution in [0.25, 0.3) is 0 Å². The van der Waals surface area contributed by atoms with Crippen molar-refractivity contribution in [3.63, 3.8) is 0 Å². The fourth-order valence-electron chi connectivity index (χ4n) is 2.20. The number of anilines is 1. The molecular weight excluding hydrogens is 338 g/mol. The van der Waals surface area contributed by atoms with Crippen molar-refractivity contribution in [1.82, 2.24) is 10.2 Å². The maximum absolute atomic E-state index is 12.5. The highest BCUT2D eigenvalue weighted by molar-refractivity contribution is 6.31. The summed E-state index contributed by atoms with van der Waals surface area (Å²) in [6, 6.07) is 15.8. The van der Waals surface area contributed by atoms with E-state index in [2.05, 4.69) is 15.5 Å². The minimum Gasteiger partial charge on any atom is -0.438 e. The standard InChI is InChI=1S/C19H16ClN3O2/c1-12-9-10-18(23-22-12)25-15-6-3-5-14(11-15)19(24)21-17-8-4-7-16(20)13(17)2/h3-11H,1-2H3,(H,21,24). The Morgan fingerprint density at radius 3 is 2.60 bits per heavy atom. The highest BCUT2D eigenvalue weighted by atomic mass is 35.5. The van der Waals surface area contributed by atoms with Gasteiger partial charge in [-0.2, -0.15) is 5.10 Å². The molecule has 1 heterocycles. The third kappa shape index (κ3) is 4.14. The topological polar surface area (TPSA) is 64.1 Å². The number of aromatic nitrogens is 2. The van der Waals surface area contributed by atoms with E-state index in [0.717, 1.165) is 11.3 Å². The lowest BCUT2D eigenvalue weighted by atomic mass is 10.1. The van der Waals surface area contributed by atoms with Gasteiger partial charge in [0.15, 0.2) is 0 Å². The van der Waals surface area contributed by atoms with E-state index in [4.69, 9.17) is 16.3 Å². The quantitative estimate of drug-likeness (QED) is 0.732. The second kappa shape index (κ2) is 7.32. The van der Waals surface area contributed by atoms with Crippen LogP contribution in [0.15, 0.2) is 54.6 Å². The molecule has 0 radical (unpaired) electrons. The number of hydrogen-bond donors (Lipinski definition) is 1. The van der Waals surface area contributed by atoms with Crippen molar-refractivity contribution < 1.29 is 9.53 Å². The monoisotopic (exact) mass is 353 g/mol. The Morgan fingerprint density at radius 2 is 1.84 bits per heavy atom. The molecule has 0 saturated heterocycles. The summed E-state index contributed by atoms with van der Waals surface area (Å²) < 4.78 is 5.64. The lowest BCUT2D eigenvalue weighted by Gasteiger charge is -2.10. The number of aryl methyl sites for hydroxylation is 1. The molecule has 1 aromatic heterocycles. The molecule has 25 heavy (non-hydrogen) atoms. The van der Waals surface area contributed by atoms with Gasteiger partial charge in [0.2, 0.25) is 5.88 Å². The van der Waals surface area contributed by atoms with Crippen LogP contribution in [0.1, 0.15) is 21.6 Å². The zero-order valence-corrected chi connectivity index (χ0v) is 14.5. The number of benzene rings is 2. The minimum absolute atomic E-state index is 0.245. The van der Waals surface area contributed by atoms with Crippen molar-refractivity contribution in [3.05, 3.63) is 76.4 Å². The van der Waals surface area contributed by atoms with Crippen LogP contribution in [0.2, 0.25) is 5.02 Å². The molecule has 126 valence electrons. The van der Waals surface area contributed by atoms with Gasteiger partial charge < -0.3 is 10.1 Å². The van der Waals surface area contributed by atoms with E-state index in [1.54, 1.807) is 54.6 Å². The average molecular weight is 354 g/mol. The molecule has 3 aromatic rings. The normalized spacial score (nSPS) is 10.4. The lowest BCUT2D eigenvalue weighted by Crippen LogP contribution is -2.12. The summed E-state index contributed by atoms with van der Waals surface area (Å²) in [5.41, 5.74) is 2.77. The van der Waals surface area contributed by atoms with Crippen molar-refractivity contribution in [2.45, 2.75) is 13.8 Å². The third-order valence-electron chi connectivity index (χ3n) is 3.61. The first-order chi connectivity index (χ1) is 12.0. The SMILES string of the molecule is Cc1ccc(Oc2cccc(C(=O)Nc3cccc(Cl)c3C)c2)nn1. The summed E-state index contributed by atoms with van der Waals surface area (Å²) in [6.45, 7) is 3.70. The van der Waals surface area contributed by atoms with Crippen molar-refractivity contribution in [2.75, 3.05) is 5.32 Å². The number of nitrogens with one attached hydrogen (secondary N) is 1. The fourth-order valence-corrected chi connectivity index (χ4v) is 2.37. The first kappa shape index (κ1) is 16.9. The predicted molar refractivity (Wildman–Crippen MR) is 97.4 cm³/mol. The van der Waals surface area contributed by atoms with Gasteiger partial charge in [-0.1, -0.05) is 23.7 Å². The Morgan fingerprint density at radius 1 is 1.04 bits per heavy atom. The van der Waals surface area contributed by atoms with Crippen LogP contribution in [0.3, 0.4) is 0 Å². The summed E-state index contributed by atoms with van der Waals surface area (Å²) >= 11 is 6.09. The fraction of sp³-hybridized carbons (Fsp3) is 0.105. The van der Waals surface area contributed by atoms with E-state index in [0.29, 0.717) is 27.9 Å². The van der Waals surface area contributed by atoms with Gasteiger partial charge in [0, 0.05) is 22.3 Å². The molecule has 1 N–H and O–H groups in total. The summed E-state index contributed by atoms with van der Waals surface area (Å²) in [5, 5.41) is 11.4. The Bertz CT molecular complexity index is 911. The van der Waals surface area contributed by atoms with E-state index in [1.807, 2.05) is 13.8 Å². The van der Waals surface area contributed by atoms with Crippen molar-refractivity contribution >= 4 is 23.2 Å². The van der Waals surface area contributed by atoms with Crippen LogP contribution in [0.4, 0.5) is 5.69 Å². The van der Waals surface area contributed by atoms with Gasteiger partial charge in [0.1, 0.15) is 5.75 Å². The number of halogens is 1. The molecule has 0 saturated carbocycles. The van der Waals surface area contributed by atoms with Gasteiger partial charge in [-0.25, -0.2) is 0 Å². The predicted octanol–water partition coefficient (Wildman–Crippen LogP) is 4.79. The minimum atomic E-state index is -0.245. The zero-order chi connectivity index (χ0) is 17.8. The van der Waals surface area contributed by atoms with E-state index in [-0.39, 0.29) is 5.91 Å². The van der Waals surface area contributed by atoms with Gasteiger partial charge in [-0.15, -0.1) is 5.10 Å². The number of carbonyl (C=O) groups excluding carboxylic acids is 1. The first-order valence-electron chi connectivity index (χ1n) is 7.67. The largest absolute Gasteiger partial charge is 0.438 e. The number of nitrogens with zero attached hydrogens (tertiary/aromatic N) is 2.